The third-order valence-electron chi connectivity index (χ3n) is 4.19. The Labute approximate surface area is 192 Å². The van der Waals surface area contributed by atoms with Gasteiger partial charge in [-0.3, -0.25) is 14.9 Å². The van der Waals surface area contributed by atoms with Gasteiger partial charge in [0.25, 0.3) is 0 Å². The zero-order chi connectivity index (χ0) is 22.5. The van der Waals surface area contributed by atoms with Crippen molar-refractivity contribution in [3.05, 3.63) is 97.0 Å². The molecule has 0 unspecified atom stereocenters. The SMILES string of the molecule is COc1ccc(Oc2ccc(C=CC(=O)c3ccc(Cl)c(Cl)c3Cl)cc2[N+](=O)[O-])cc1. The molecule has 0 bridgehead atoms. The van der Waals surface area contributed by atoms with E-state index in [1.807, 2.05) is 0 Å². The summed E-state index contributed by atoms with van der Waals surface area (Å²) in [5.74, 6) is 0.682. The number of allylic oxidation sites excluding steroid dienone is 1. The smallest absolute Gasteiger partial charge is 0.312 e. The van der Waals surface area contributed by atoms with Gasteiger partial charge in [-0.05, 0) is 54.1 Å². The van der Waals surface area contributed by atoms with Gasteiger partial charge in [-0.15, -0.1) is 0 Å². The number of carbonyl (C=O) groups is 1. The van der Waals surface area contributed by atoms with Crippen LogP contribution in [0.2, 0.25) is 15.1 Å². The Hall–Kier alpha value is -3.06. The lowest BCUT2D eigenvalue weighted by atomic mass is 10.1. The van der Waals surface area contributed by atoms with Crippen molar-refractivity contribution in [3.63, 3.8) is 0 Å². The molecule has 0 N–H and O–H groups in total. The first-order valence-electron chi connectivity index (χ1n) is 8.76. The predicted octanol–water partition coefficient (Wildman–Crippen LogP) is 7.25. The second kappa shape index (κ2) is 9.83. The van der Waals surface area contributed by atoms with Gasteiger partial charge in [0, 0.05) is 11.6 Å². The van der Waals surface area contributed by atoms with E-state index < -0.39 is 10.7 Å². The van der Waals surface area contributed by atoms with Crippen LogP contribution >= 0.6 is 34.8 Å². The highest BCUT2D eigenvalue weighted by Crippen LogP contribution is 2.34. The maximum atomic E-state index is 12.4. The summed E-state index contributed by atoms with van der Waals surface area (Å²) in [4.78, 5) is 23.4. The van der Waals surface area contributed by atoms with Crippen LogP contribution in [0.4, 0.5) is 5.69 Å². The lowest BCUT2D eigenvalue weighted by Crippen LogP contribution is -1.97. The number of nitro groups is 1. The molecule has 0 heterocycles. The molecule has 0 atom stereocenters. The summed E-state index contributed by atoms with van der Waals surface area (Å²) in [7, 11) is 1.53. The number of ketones is 1. The first-order chi connectivity index (χ1) is 14.8. The van der Waals surface area contributed by atoms with Gasteiger partial charge in [0.15, 0.2) is 5.78 Å². The number of hydrogen-bond acceptors (Lipinski definition) is 5. The highest BCUT2D eigenvalue weighted by atomic mass is 35.5. The fourth-order valence-electron chi connectivity index (χ4n) is 2.62. The number of benzene rings is 3. The second-order valence-corrected chi connectivity index (χ2v) is 7.35. The minimum atomic E-state index is -0.562. The van der Waals surface area contributed by atoms with Crippen LogP contribution in [0.1, 0.15) is 15.9 Å². The summed E-state index contributed by atoms with van der Waals surface area (Å²) in [5.41, 5.74) is 0.345. The molecule has 0 radical (unpaired) electrons. The highest BCUT2D eigenvalue weighted by Gasteiger charge is 2.17. The summed E-state index contributed by atoms with van der Waals surface area (Å²) in [6.45, 7) is 0. The quantitative estimate of drug-likeness (QED) is 0.117. The molecule has 0 aliphatic heterocycles. The Morgan fingerprint density at radius 3 is 2.29 bits per heavy atom. The van der Waals surface area contributed by atoms with E-state index in [1.54, 1.807) is 30.3 Å². The molecule has 3 rings (SSSR count). The van der Waals surface area contributed by atoms with E-state index in [0.29, 0.717) is 17.1 Å². The molecule has 0 spiro atoms. The van der Waals surface area contributed by atoms with Gasteiger partial charge in [-0.25, -0.2) is 0 Å². The maximum Gasteiger partial charge on any atom is 0.312 e. The third kappa shape index (κ3) is 5.35. The average molecular weight is 479 g/mol. The molecule has 0 aromatic heterocycles. The number of ether oxygens (including phenoxy) is 2. The van der Waals surface area contributed by atoms with Gasteiger partial charge < -0.3 is 9.47 Å². The van der Waals surface area contributed by atoms with Gasteiger partial charge in [0.05, 0.1) is 27.1 Å². The third-order valence-corrected chi connectivity index (χ3v) is 5.49. The minimum absolute atomic E-state index is 0.0398. The molecule has 0 saturated carbocycles. The Balaban J connectivity index is 1.84. The van der Waals surface area contributed by atoms with Crippen LogP contribution in [0.25, 0.3) is 6.08 Å². The first-order valence-corrected chi connectivity index (χ1v) is 9.90. The fourth-order valence-corrected chi connectivity index (χ4v) is 3.24. The molecule has 0 fully saturated rings. The predicted molar refractivity (Wildman–Crippen MR) is 121 cm³/mol. The second-order valence-electron chi connectivity index (χ2n) is 6.18. The summed E-state index contributed by atoms with van der Waals surface area (Å²) in [5, 5.41) is 11.9. The molecule has 158 valence electrons. The van der Waals surface area contributed by atoms with Crippen LogP contribution in [-0.2, 0) is 0 Å². The highest BCUT2D eigenvalue weighted by molar-refractivity contribution is 6.49. The standard InChI is InChI=1S/C22H14Cl3NO5/c1-30-14-4-6-15(7-5-14)31-20-11-3-13(12-18(20)26(28)29)2-10-19(27)16-8-9-17(23)22(25)21(16)24/h2-12H,1H3. The molecule has 0 aliphatic rings. The Morgan fingerprint density at radius 2 is 1.65 bits per heavy atom. The summed E-state index contributed by atoms with van der Waals surface area (Å²) in [6, 6.07) is 13.9. The zero-order valence-corrected chi connectivity index (χ0v) is 18.2. The van der Waals surface area contributed by atoms with E-state index >= 15 is 0 Å². The fraction of sp³-hybridized carbons (Fsp3) is 0.0455. The van der Waals surface area contributed by atoms with Gasteiger partial charge in [-0.1, -0.05) is 46.9 Å². The van der Waals surface area contributed by atoms with Gasteiger partial charge in [0.2, 0.25) is 5.75 Å². The summed E-state index contributed by atoms with van der Waals surface area (Å²) in [6.07, 6.45) is 2.68. The molecular weight excluding hydrogens is 465 g/mol. The number of nitrogens with zero attached hydrogens (tertiary/aromatic N) is 1. The van der Waals surface area contributed by atoms with Crippen LogP contribution < -0.4 is 9.47 Å². The van der Waals surface area contributed by atoms with E-state index in [4.69, 9.17) is 44.3 Å². The minimum Gasteiger partial charge on any atom is -0.497 e. The van der Waals surface area contributed by atoms with E-state index in [2.05, 4.69) is 0 Å². The van der Waals surface area contributed by atoms with Crippen LogP contribution in [0.5, 0.6) is 17.2 Å². The number of hydrogen-bond donors (Lipinski definition) is 0. The number of nitro benzene ring substituents is 1. The van der Waals surface area contributed by atoms with E-state index in [-0.39, 0.29) is 32.1 Å². The monoisotopic (exact) mass is 477 g/mol. The number of rotatable bonds is 7. The van der Waals surface area contributed by atoms with Gasteiger partial charge >= 0.3 is 5.69 Å². The average Bonchev–Trinajstić information content (AvgIpc) is 2.77. The Kier molecular flexibility index (Phi) is 7.17. The van der Waals surface area contributed by atoms with E-state index in [0.717, 1.165) is 0 Å². The molecule has 9 heteroatoms. The summed E-state index contributed by atoms with van der Waals surface area (Å²) < 4.78 is 10.7. The van der Waals surface area contributed by atoms with Crippen molar-refractivity contribution in [2.45, 2.75) is 0 Å². The van der Waals surface area contributed by atoms with Gasteiger partial charge in [-0.2, -0.15) is 0 Å². The first kappa shape index (κ1) is 22.6. The van der Waals surface area contributed by atoms with Crippen molar-refractivity contribution in [2.75, 3.05) is 7.11 Å². The molecule has 3 aromatic rings. The Morgan fingerprint density at radius 1 is 0.968 bits per heavy atom. The normalized spacial score (nSPS) is 10.8. The Bertz CT molecular complexity index is 1180. The van der Waals surface area contributed by atoms with Gasteiger partial charge in [0.1, 0.15) is 11.5 Å². The van der Waals surface area contributed by atoms with Crippen molar-refractivity contribution in [3.8, 4) is 17.2 Å². The zero-order valence-electron chi connectivity index (χ0n) is 16.0. The van der Waals surface area contributed by atoms with Crippen molar-refractivity contribution >= 4 is 52.3 Å². The molecule has 0 saturated heterocycles. The molecule has 6 nitrogen and oxygen atoms in total. The number of methoxy groups -OCH3 is 1. The molecule has 0 aliphatic carbocycles. The largest absolute Gasteiger partial charge is 0.497 e. The van der Waals surface area contributed by atoms with Crippen LogP contribution in [0.15, 0.2) is 60.7 Å². The van der Waals surface area contributed by atoms with E-state index in [9.17, 15) is 14.9 Å². The van der Waals surface area contributed by atoms with Crippen molar-refractivity contribution in [1.82, 2.24) is 0 Å². The number of carbonyl (C=O) groups excluding carboxylic acids is 1. The van der Waals surface area contributed by atoms with Crippen molar-refractivity contribution in [2.24, 2.45) is 0 Å². The molecular formula is C22H14Cl3NO5. The summed E-state index contributed by atoms with van der Waals surface area (Å²) >= 11 is 17.9. The van der Waals surface area contributed by atoms with Crippen LogP contribution in [0.3, 0.4) is 0 Å². The van der Waals surface area contributed by atoms with Crippen molar-refractivity contribution in [1.29, 1.82) is 0 Å². The molecule has 31 heavy (non-hydrogen) atoms. The van der Waals surface area contributed by atoms with Crippen molar-refractivity contribution < 1.29 is 19.2 Å². The lowest BCUT2D eigenvalue weighted by molar-refractivity contribution is -0.385. The topological polar surface area (TPSA) is 78.7 Å². The molecule has 0 amide bonds. The maximum absolute atomic E-state index is 12.4. The molecule has 3 aromatic carbocycles. The lowest BCUT2D eigenvalue weighted by Gasteiger charge is -2.08. The van der Waals surface area contributed by atoms with Crippen LogP contribution in [-0.4, -0.2) is 17.8 Å². The van der Waals surface area contributed by atoms with E-state index in [1.165, 1.54) is 43.5 Å². The van der Waals surface area contributed by atoms with Crippen LogP contribution in [0, 0.1) is 10.1 Å². The number of halogens is 3.